The molecule has 350 valence electrons. The molecule has 0 saturated carbocycles. The van der Waals surface area contributed by atoms with Crippen LogP contribution in [0, 0.1) is 18.5 Å². The zero-order valence-electron chi connectivity index (χ0n) is 41.9. The first kappa shape index (κ1) is 48.4. The maximum atomic E-state index is 6.92. The SMILES string of the molecule is CC(C)(C)c1cc(-[n+]2[c-]n(-c3[c-]c(Oc4[c-]c5c(c(C(C)(C)C)c4)c4ccccc4n5-c4cc(C(C)(C)C)ccn4)ccc3)c(C(C)(C)c3ccccc3)c2)cc(C(C)(C)c2ccccc2)c1.[Pt]. The second-order valence-electron chi connectivity index (χ2n) is 22.3. The summed E-state index contributed by atoms with van der Waals surface area (Å²) in [5.41, 5.74) is 11.3. The van der Waals surface area contributed by atoms with E-state index >= 15 is 0 Å². The van der Waals surface area contributed by atoms with Gasteiger partial charge in [0.25, 0.3) is 6.33 Å². The Kier molecular flexibility index (Phi) is 12.7. The molecule has 0 amide bonds. The van der Waals surface area contributed by atoms with Gasteiger partial charge in [0.2, 0.25) is 0 Å². The van der Waals surface area contributed by atoms with E-state index in [1.54, 1.807) is 0 Å². The monoisotopic (exact) mass is 1080 g/mol. The van der Waals surface area contributed by atoms with E-state index in [0.29, 0.717) is 11.5 Å². The Hall–Kier alpha value is -6.03. The molecule has 9 rings (SSSR count). The number of ether oxygens (including phenoxy) is 1. The van der Waals surface area contributed by atoms with Gasteiger partial charge < -0.3 is 13.9 Å². The average Bonchev–Trinajstić information content (AvgIpc) is 3.90. The van der Waals surface area contributed by atoms with Crippen LogP contribution in [-0.2, 0) is 48.1 Å². The summed E-state index contributed by atoms with van der Waals surface area (Å²) in [6.45, 7) is 29.6. The van der Waals surface area contributed by atoms with Crippen molar-refractivity contribution < 1.29 is 30.4 Å². The van der Waals surface area contributed by atoms with Gasteiger partial charge in [0, 0.05) is 61.3 Å². The van der Waals surface area contributed by atoms with Crippen LogP contribution in [0.4, 0.5) is 0 Å². The molecule has 0 aliphatic carbocycles. The third kappa shape index (κ3) is 9.15. The van der Waals surface area contributed by atoms with Crippen molar-refractivity contribution in [2.75, 3.05) is 0 Å². The molecule has 0 bridgehead atoms. The van der Waals surface area contributed by atoms with E-state index in [1.807, 2.05) is 18.3 Å². The Morgan fingerprint density at radius 2 is 1.15 bits per heavy atom. The van der Waals surface area contributed by atoms with E-state index in [2.05, 4.69) is 256 Å². The van der Waals surface area contributed by atoms with E-state index in [9.17, 15) is 0 Å². The molecule has 0 spiro atoms. The number of para-hydroxylation sites is 1. The van der Waals surface area contributed by atoms with Crippen molar-refractivity contribution in [2.24, 2.45) is 0 Å². The van der Waals surface area contributed by atoms with Gasteiger partial charge in [-0.3, -0.25) is 4.57 Å². The van der Waals surface area contributed by atoms with Crippen molar-refractivity contribution in [3.05, 3.63) is 209 Å². The fraction of sp³-hybridized carbons (Fsp3) is 0.290. The Bertz CT molecular complexity index is 3260. The molecule has 0 aliphatic rings. The molecule has 5 nitrogen and oxygen atoms in total. The molecule has 9 aromatic rings. The van der Waals surface area contributed by atoms with E-state index in [0.717, 1.165) is 44.7 Å². The van der Waals surface area contributed by atoms with Crippen molar-refractivity contribution >= 4 is 21.8 Å². The van der Waals surface area contributed by atoms with Crippen molar-refractivity contribution in [2.45, 2.75) is 117 Å². The topological polar surface area (TPSA) is 35.9 Å². The van der Waals surface area contributed by atoms with E-state index in [4.69, 9.17) is 9.72 Å². The van der Waals surface area contributed by atoms with Gasteiger partial charge >= 0.3 is 0 Å². The van der Waals surface area contributed by atoms with Crippen LogP contribution in [0.25, 0.3) is 39.0 Å². The van der Waals surface area contributed by atoms with Gasteiger partial charge in [0.15, 0.2) is 0 Å². The van der Waals surface area contributed by atoms with E-state index in [-0.39, 0.29) is 42.7 Å². The maximum absolute atomic E-state index is 6.92. The average molecular weight is 1080 g/mol. The van der Waals surface area contributed by atoms with Crippen molar-refractivity contribution in [1.82, 2.24) is 14.1 Å². The maximum Gasteiger partial charge on any atom is 0.267 e. The molecular weight excluding hydrogens is 1010 g/mol. The number of aromatic nitrogens is 4. The number of imidazole rings is 1. The minimum atomic E-state index is -0.409. The van der Waals surface area contributed by atoms with Crippen LogP contribution in [0.15, 0.2) is 152 Å². The van der Waals surface area contributed by atoms with Crippen LogP contribution >= 0.6 is 0 Å². The molecule has 3 heterocycles. The van der Waals surface area contributed by atoms with E-state index < -0.39 is 5.41 Å². The smallest absolute Gasteiger partial charge is 0.267 e. The van der Waals surface area contributed by atoms with Gasteiger partial charge in [-0.1, -0.05) is 186 Å². The molecule has 0 fully saturated rings. The molecule has 0 unspecified atom stereocenters. The Balaban J connectivity index is 0.00000625. The molecular formula is C62H64N4OPt-2. The molecule has 0 aliphatic heterocycles. The molecule has 6 heteroatoms. The molecule has 0 N–H and O–H groups in total. The van der Waals surface area contributed by atoms with Crippen LogP contribution in [0.1, 0.15) is 129 Å². The number of rotatable bonds is 9. The van der Waals surface area contributed by atoms with Crippen LogP contribution < -0.4 is 9.30 Å². The van der Waals surface area contributed by atoms with Crippen molar-refractivity contribution in [3.8, 4) is 28.7 Å². The van der Waals surface area contributed by atoms with Crippen molar-refractivity contribution in [3.63, 3.8) is 0 Å². The number of nitrogens with zero attached hydrogens (tertiary/aromatic N) is 4. The van der Waals surface area contributed by atoms with Gasteiger partial charge in [-0.15, -0.1) is 29.8 Å². The molecule has 6 aromatic carbocycles. The minimum Gasteiger partial charge on any atom is -0.510 e. The molecule has 0 atom stereocenters. The first-order valence-corrected chi connectivity index (χ1v) is 23.6. The Morgan fingerprint density at radius 1 is 0.529 bits per heavy atom. The van der Waals surface area contributed by atoms with Gasteiger partial charge in [-0.05, 0) is 85.5 Å². The Morgan fingerprint density at radius 3 is 1.79 bits per heavy atom. The van der Waals surface area contributed by atoms with Crippen LogP contribution in [-0.4, -0.2) is 14.1 Å². The molecule has 0 saturated heterocycles. The summed E-state index contributed by atoms with van der Waals surface area (Å²) in [5.74, 6) is 2.06. The van der Waals surface area contributed by atoms with Gasteiger partial charge in [-0.2, -0.15) is 12.1 Å². The second-order valence-corrected chi connectivity index (χ2v) is 22.3. The van der Waals surface area contributed by atoms with Crippen LogP contribution in [0.2, 0.25) is 0 Å². The predicted octanol–water partition coefficient (Wildman–Crippen LogP) is 15.0. The number of pyridine rings is 1. The normalized spacial score (nSPS) is 12.7. The van der Waals surface area contributed by atoms with Gasteiger partial charge in [0.1, 0.15) is 5.82 Å². The largest absolute Gasteiger partial charge is 0.510 e. The first-order chi connectivity index (χ1) is 31.6. The zero-order valence-corrected chi connectivity index (χ0v) is 44.2. The minimum absolute atomic E-state index is 0. The van der Waals surface area contributed by atoms with Crippen LogP contribution in [0.5, 0.6) is 11.5 Å². The number of benzene rings is 6. The summed E-state index contributed by atoms with van der Waals surface area (Å²) in [4.78, 5) is 4.95. The van der Waals surface area contributed by atoms with E-state index in [1.165, 1.54) is 33.4 Å². The zero-order chi connectivity index (χ0) is 47.7. The fourth-order valence-electron chi connectivity index (χ4n) is 9.32. The summed E-state index contributed by atoms with van der Waals surface area (Å²) < 4.78 is 13.5. The standard InChI is InChI=1S/C62H64N4O.Pt/c1-58(2,3)44-31-32-63-56(36-44)66-53-30-21-20-29-51(53)57-52(60(7,8)9)38-50(39-54(57)66)67-49-28-22-27-47(37-49)65-41-64(40-55(65)62(12,13)43-25-18-15-19-26-43)48-34-45(59(4,5)6)33-46(35-48)61(10,11)42-23-16-14-17-24-42;/h14-36,38,40H,1-13H3;/q-2;. The summed E-state index contributed by atoms with van der Waals surface area (Å²) in [6.07, 6.45) is 7.98. The second kappa shape index (κ2) is 17.8. The summed E-state index contributed by atoms with van der Waals surface area (Å²) in [5, 5.41) is 2.32. The third-order valence-corrected chi connectivity index (χ3v) is 13.6. The first-order valence-electron chi connectivity index (χ1n) is 23.6. The van der Waals surface area contributed by atoms with Gasteiger partial charge in [-0.25, -0.2) is 4.98 Å². The number of hydrogen-bond acceptors (Lipinski definition) is 2. The Labute approximate surface area is 419 Å². The summed E-state index contributed by atoms with van der Waals surface area (Å²) in [6, 6.07) is 57.2. The van der Waals surface area contributed by atoms with Gasteiger partial charge in [0.05, 0.1) is 11.4 Å². The quantitative estimate of drug-likeness (QED) is 0.107. The summed E-state index contributed by atoms with van der Waals surface area (Å²) in [7, 11) is 0. The molecule has 68 heavy (non-hydrogen) atoms. The molecule has 0 radical (unpaired) electrons. The predicted molar refractivity (Wildman–Crippen MR) is 276 cm³/mol. The number of fused-ring (bicyclic) bond motifs is 3. The third-order valence-electron chi connectivity index (χ3n) is 13.6. The summed E-state index contributed by atoms with van der Waals surface area (Å²) >= 11 is 0. The molecule has 3 aromatic heterocycles. The number of hydrogen-bond donors (Lipinski definition) is 0. The van der Waals surface area contributed by atoms with Crippen LogP contribution in [0.3, 0.4) is 0 Å². The fourth-order valence-corrected chi connectivity index (χ4v) is 9.32. The van der Waals surface area contributed by atoms with Crippen molar-refractivity contribution in [1.29, 1.82) is 0 Å².